The molecule has 0 aliphatic heterocycles. The second kappa shape index (κ2) is 11.4. The van der Waals surface area contributed by atoms with Gasteiger partial charge in [-0.15, -0.1) is 0 Å². The molecular weight excluding hydrogens is 461 g/mol. The molecule has 0 atom stereocenters. The van der Waals surface area contributed by atoms with Gasteiger partial charge in [-0.3, -0.25) is 4.79 Å². The molecule has 4 aromatic carbocycles. The number of fused-ring (bicyclic) bond motifs is 2. The van der Waals surface area contributed by atoms with Gasteiger partial charge in [0.15, 0.2) is 5.78 Å². The molecule has 0 bridgehead atoms. The van der Waals surface area contributed by atoms with Crippen LogP contribution in [0.3, 0.4) is 0 Å². The molecule has 0 heterocycles. The van der Waals surface area contributed by atoms with Crippen molar-refractivity contribution in [1.29, 1.82) is 0 Å². The number of rotatable bonds is 9. The first-order valence-corrected chi connectivity index (χ1v) is 11.2. The monoisotopic (exact) mass is 484 g/mol. The van der Waals surface area contributed by atoms with E-state index in [2.05, 4.69) is 4.65 Å². The van der Waals surface area contributed by atoms with Crippen LogP contribution in [0, 0.1) is 0 Å². The van der Waals surface area contributed by atoms with E-state index in [1.807, 2.05) is 66.7 Å². The van der Waals surface area contributed by atoms with E-state index >= 15 is 0 Å². The van der Waals surface area contributed by atoms with Crippen LogP contribution in [0.2, 0.25) is 0 Å². The number of hydrogen-bond acceptors (Lipinski definition) is 4. The summed E-state index contributed by atoms with van der Waals surface area (Å²) in [5, 5.41) is 3.57. The Hall–Kier alpha value is -4.39. The van der Waals surface area contributed by atoms with Crippen molar-refractivity contribution in [3.05, 3.63) is 108 Å². The number of methoxy groups -OCH3 is 2. The molecule has 7 heteroatoms. The van der Waals surface area contributed by atoms with Gasteiger partial charge in [-0.1, -0.05) is 72.8 Å². The van der Waals surface area contributed by atoms with Crippen molar-refractivity contribution >= 4 is 46.9 Å². The Balaban J connectivity index is 1.62. The van der Waals surface area contributed by atoms with Crippen molar-refractivity contribution < 1.29 is 27.6 Å². The summed E-state index contributed by atoms with van der Waals surface area (Å²) < 4.78 is 41.5. The second-order valence-corrected chi connectivity index (χ2v) is 7.80. The van der Waals surface area contributed by atoms with Crippen molar-refractivity contribution in [2.24, 2.45) is 0 Å². The number of carbonyl (C=O) groups excluding carboxylic acids is 1. The first-order chi connectivity index (χ1) is 17.5. The van der Waals surface area contributed by atoms with Crippen LogP contribution in [0.4, 0.5) is 8.63 Å². The highest BCUT2D eigenvalue weighted by Gasteiger charge is 2.18. The Bertz CT molecular complexity index is 1490. The highest BCUT2D eigenvalue weighted by Crippen LogP contribution is 2.30. The zero-order valence-corrected chi connectivity index (χ0v) is 19.8. The fourth-order valence-electron chi connectivity index (χ4n) is 3.99. The Labute approximate surface area is 208 Å². The average Bonchev–Trinajstić information content (AvgIpc) is 2.89. The molecule has 36 heavy (non-hydrogen) atoms. The molecule has 0 fully saturated rings. The maximum atomic E-state index is 13.1. The lowest BCUT2D eigenvalue weighted by atomic mass is 10.0. The van der Waals surface area contributed by atoms with E-state index in [4.69, 9.17) is 9.47 Å². The van der Waals surface area contributed by atoms with Gasteiger partial charge in [-0.2, -0.15) is 0 Å². The lowest BCUT2D eigenvalue weighted by Gasteiger charge is -2.08. The van der Waals surface area contributed by atoms with E-state index in [1.54, 1.807) is 32.4 Å². The molecule has 4 nitrogen and oxygen atoms in total. The summed E-state index contributed by atoms with van der Waals surface area (Å²) in [6, 6.07) is 22.5. The first-order valence-electron chi connectivity index (χ1n) is 11.2. The first kappa shape index (κ1) is 24.7. The Kier molecular flexibility index (Phi) is 7.80. The van der Waals surface area contributed by atoms with Gasteiger partial charge in [-0.05, 0) is 46.2 Å². The summed E-state index contributed by atoms with van der Waals surface area (Å²) in [6.45, 7) is 0. The fraction of sp³-hybridized carbons (Fsp3) is 0.0690. The third-order valence-electron chi connectivity index (χ3n) is 5.64. The SMILES string of the molecule is COc1ccc(/C=C/C(=O)/C=C(/C=C/c2ccc(OC)c3ccccc23)OB(F)F)c2ccccc12. The van der Waals surface area contributed by atoms with Gasteiger partial charge < -0.3 is 14.1 Å². The maximum Gasteiger partial charge on any atom is 0.796 e. The predicted octanol–water partition coefficient (Wildman–Crippen LogP) is 7.13. The molecule has 0 aromatic heterocycles. The minimum absolute atomic E-state index is 0.251. The number of allylic oxidation sites excluding steroid dienone is 3. The van der Waals surface area contributed by atoms with Gasteiger partial charge in [-0.25, -0.2) is 8.63 Å². The minimum atomic E-state index is -3.07. The predicted molar refractivity (Wildman–Crippen MR) is 141 cm³/mol. The normalized spacial score (nSPS) is 11.9. The number of halogens is 2. The second-order valence-electron chi connectivity index (χ2n) is 7.80. The molecular formula is C29H23BF2O4. The third-order valence-corrected chi connectivity index (χ3v) is 5.64. The van der Waals surface area contributed by atoms with Crippen LogP contribution in [0.1, 0.15) is 11.1 Å². The molecule has 0 saturated heterocycles. The molecule has 0 aliphatic rings. The number of benzene rings is 4. The van der Waals surface area contributed by atoms with E-state index in [0.717, 1.165) is 44.5 Å². The van der Waals surface area contributed by atoms with Gasteiger partial charge >= 0.3 is 7.47 Å². The maximum absolute atomic E-state index is 13.1. The lowest BCUT2D eigenvalue weighted by Crippen LogP contribution is -2.04. The molecule has 180 valence electrons. The molecule has 4 aromatic rings. The topological polar surface area (TPSA) is 44.8 Å². The molecule has 0 saturated carbocycles. The van der Waals surface area contributed by atoms with Gasteiger partial charge in [0.25, 0.3) is 0 Å². The summed E-state index contributed by atoms with van der Waals surface area (Å²) in [5.74, 6) is 0.681. The van der Waals surface area contributed by atoms with E-state index < -0.39 is 13.3 Å². The van der Waals surface area contributed by atoms with E-state index in [1.165, 1.54) is 12.2 Å². The van der Waals surface area contributed by atoms with Crippen LogP contribution < -0.4 is 9.47 Å². The summed E-state index contributed by atoms with van der Waals surface area (Å²) in [7, 11) is 0.108. The quantitative estimate of drug-likeness (QED) is 0.110. The average molecular weight is 484 g/mol. The van der Waals surface area contributed by atoms with Crippen molar-refractivity contribution in [3.8, 4) is 11.5 Å². The number of hydrogen-bond donors (Lipinski definition) is 0. The standard InChI is InChI=1S/C29H23BF2O4/c1-34-28-17-13-20(24-7-3-5-9-26(24)28)11-15-22(33)19-23(36-30(31)32)16-12-21-14-18-29(35-2)27-10-6-4-8-25(21)27/h3-19H,1-2H3/b15-11+,16-12+,23-19-. The molecule has 0 radical (unpaired) electrons. The van der Waals surface area contributed by atoms with Crippen molar-refractivity contribution in [2.45, 2.75) is 0 Å². The Morgan fingerprint density at radius 2 is 1.17 bits per heavy atom. The van der Waals surface area contributed by atoms with Crippen molar-refractivity contribution in [3.63, 3.8) is 0 Å². The van der Waals surface area contributed by atoms with E-state index in [-0.39, 0.29) is 5.76 Å². The van der Waals surface area contributed by atoms with Gasteiger partial charge in [0.05, 0.1) is 14.2 Å². The minimum Gasteiger partial charge on any atom is -0.505 e. The number of carbonyl (C=O) groups is 1. The fourth-order valence-corrected chi connectivity index (χ4v) is 3.99. The van der Waals surface area contributed by atoms with Gasteiger partial charge in [0, 0.05) is 16.8 Å². The van der Waals surface area contributed by atoms with Crippen LogP contribution in [0.5, 0.6) is 11.5 Å². The van der Waals surface area contributed by atoms with Crippen LogP contribution in [-0.2, 0) is 9.45 Å². The van der Waals surface area contributed by atoms with Gasteiger partial charge in [0.1, 0.15) is 17.3 Å². The molecule has 0 unspecified atom stereocenters. The highest BCUT2D eigenvalue weighted by atomic mass is 19.2. The van der Waals surface area contributed by atoms with Crippen LogP contribution in [0.15, 0.2) is 96.8 Å². The molecule has 0 N–H and O–H groups in total. The van der Waals surface area contributed by atoms with Crippen LogP contribution in [-0.4, -0.2) is 27.5 Å². The van der Waals surface area contributed by atoms with Crippen molar-refractivity contribution in [2.75, 3.05) is 14.2 Å². The van der Waals surface area contributed by atoms with Crippen molar-refractivity contribution in [1.82, 2.24) is 0 Å². The summed E-state index contributed by atoms with van der Waals surface area (Å²) in [5.41, 5.74) is 1.56. The summed E-state index contributed by atoms with van der Waals surface area (Å²) in [4.78, 5) is 12.6. The largest absolute Gasteiger partial charge is 0.796 e. The Morgan fingerprint density at radius 3 is 1.64 bits per heavy atom. The van der Waals surface area contributed by atoms with Crippen LogP contribution >= 0.6 is 0 Å². The number of ketones is 1. The Morgan fingerprint density at radius 1 is 0.694 bits per heavy atom. The number of ether oxygens (including phenoxy) is 2. The van der Waals surface area contributed by atoms with Gasteiger partial charge in [0.2, 0.25) is 0 Å². The summed E-state index contributed by atoms with van der Waals surface area (Å²) in [6.07, 6.45) is 6.98. The zero-order valence-electron chi connectivity index (χ0n) is 19.8. The zero-order chi connectivity index (χ0) is 25.5. The molecule has 4 rings (SSSR count). The third kappa shape index (κ3) is 5.63. The van der Waals surface area contributed by atoms with E-state index in [9.17, 15) is 13.4 Å². The molecule has 0 amide bonds. The molecule has 0 spiro atoms. The van der Waals surface area contributed by atoms with Crippen LogP contribution in [0.25, 0.3) is 33.7 Å². The highest BCUT2D eigenvalue weighted by molar-refractivity contribution is 6.35. The van der Waals surface area contributed by atoms with E-state index in [0.29, 0.717) is 5.75 Å². The lowest BCUT2D eigenvalue weighted by molar-refractivity contribution is -0.110. The summed E-state index contributed by atoms with van der Waals surface area (Å²) >= 11 is 0. The molecule has 0 aliphatic carbocycles. The smallest absolute Gasteiger partial charge is 0.505 e.